The van der Waals surface area contributed by atoms with Crippen LogP contribution in [0.5, 0.6) is 0 Å². The highest BCUT2D eigenvalue weighted by molar-refractivity contribution is 7.90. The Hall–Kier alpha value is -2.35. The quantitative estimate of drug-likeness (QED) is 0.555. The van der Waals surface area contributed by atoms with Crippen molar-refractivity contribution in [1.82, 2.24) is 9.78 Å². The maximum absolute atomic E-state index is 13.8. The molecule has 2 heterocycles. The zero-order chi connectivity index (χ0) is 22.5. The minimum absolute atomic E-state index is 0.131. The van der Waals surface area contributed by atoms with Crippen LogP contribution in [0.4, 0.5) is 5.82 Å². The van der Waals surface area contributed by atoms with Gasteiger partial charge in [-0.05, 0) is 54.8 Å². The van der Waals surface area contributed by atoms with Gasteiger partial charge in [0, 0.05) is 15.6 Å². The Morgan fingerprint density at radius 3 is 2.16 bits per heavy atom. The minimum Gasteiger partial charge on any atom is -0.310 e. The Morgan fingerprint density at radius 2 is 1.53 bits per heavy atom. The first kappa shape index (κ1) is 21.5. The van der Waals surface area contributed by atoms with E-state index in [1.165, 1.54) is 0 Å². The number of benzene rings is 2. The Kier molecular flexibility index (Phi) is 5.31. The molecule has 0 bridgehead atoms. The molecule has 32 heavy (non-hydrogen) atoms. The minimum atomic E-state index is -3.28. The Bertz CT molecular complexity index is 1290. The fourth-order valence-electron chi connectivity index (χ4n) is 4.76. The van der Waals surface area contributed by atoms with Crippen LogP contribution in [0, 0.1) is 0 Å². The number of aromatic nitrogens is 2. The number of nitrogens with zero attached hydrogens (tertiary/aromatic N) is 2. The van der Waals surface area contributed by atoms with Gasteiger partial charge in [0.15, 0.2) is 9.84 Å². The summed E-state index contributed by atoms with van der Waals surface area (Å²) in [4.78, 5) is 13.8. The Balaban J connectivity index is 1.57. The predicted octanol–water partition coefficient (Wildman–Crippen LogP) is 5.06. The van der Waals surface area contributed by atoms with Crippen LogP contribution in [0.2, 0.25) is 10.0 Å². The first-order chi connectivity index (χ1) is 15.3. The third-order valence-corrected chi connectivity index (χ3v) is 8.32. The molecule has 1 aliphatic heterocycles. The van der Waals surface area contributed by atoms with Gasteiger partial charge in [0.1, 0.15) is 5.82 Å². The van der Waals surface area contributed by atoms with Crippen LogP contribution in [0.15, 0.2) is 48.5 Å². The zero-order valence-electron chi connectivity index (χ0n) is 17.1. The summed E-state index contributed by atoms with van der Waals surface area (Å²) < 4.78 is 26.1. The van der Waals surface area contributed by atoms with E-state index in [1.54, 1.807) is 41.1 Å². The summed E-state index contributed by atoms with van der Waals surface area (Å²) in [6.07, 6.45) is 3.32. The van der Waals surface area contributed by atoms with Crippen molar-refractivity contribution >= 4 is 44.8 Å². The summed E-state index contributed by atoms with van der Waals surface area (Å²) in [5.41, 5.74) is 1.95. The maximum Gasteiger partial charge on any atom is 0.236 e. The second-order valence-electron chi connectivity index (χ2n) is 8.44. The topological polar surface area (TPSA) is 81.1 Å². The molecule has 1 aromatic heterocycles. The molecule has 1 saturated carbocycles. The van der Waals surface area contributed by atoms with Crippen molar-refractivity contribution in [2.24, 2.45) is 0 Å². The van der Waals surface area contributed by atoms with Crippen molar-refractivity contribution in [1.29, 1.82) is 0 Å². The van der Waals surface area contributed by atoms with Gasteiger partial charge in [0.2, 0.25) is 5.91 Å². The number of nitrogens with one attached hydrogen (secondary N) is 1. The van der Waals surface area contributed by atoms with E-state index < -0.39 is 15.3 Å². The van der Waals surface area contributed by atoms with Gasteiger partial charge >= 0.3 is 0 Å². The molecule has 166 valence electrons. The molecule has 1 fully saturated rings. The summed E-state index contributed by atoms with van der Waals surface area (Å²) >= 11 is 12.1. The smallest absolute Gasteiger partial charge is 0.236 e. The number of carbonyl (C=O) groups excluding carboxylic acids is 1. The van der Waals surface area contributed by atoms with Gasteiger partial charge in [0.25, 0.3) is 0 Å². The molecule has 1 aliphatic carbocycles. The lowest BCUT2D eigenvalue weighted by Gasteiger charge is -2.28. The van der Waals surface area contributed by atoms with Crippen molar-refractivity contribution in [2.75, 3.05) is 5.32 Å². The number of hydrogen-bond donors (Lipinski definition) is 1. The fraction of sp³-hybridized carbons (Fsp3) is 0.304. The molecule has 1 N–H and O–H groups in total. The van der Waals surface area contributed by atoms with E-state index in [1.807, 2.05) is 12.1 Å². The standard InChI is InChI=1S/C23H21Cl2N3O3S/c24-16-5-3-15(4-6-16)23(11-1-2-12-23)22(29)26-21-19-13-32(30,31)14-20(19)27-28(21)18-9-7-17(25)8-10-18/h3-10H,1-2,11-14H2,(H,26,29). The number of halogens is 2. The van der Waals surface area contributed by atoms with Crippen molar-refractivity contribution in [3.8, 4) is 5.69 Å². The van der Waals surface area contributed by atoms with Crippen LogP contribution < -0.4 is 5.32 Å². The third-order valence-electron chi connectivity index (χ3n) is 6.38. The van der Waals surface area contributed by atoms with Gasteiger partial charge in [0.05, 0.1) is 28.3 Å². The van der Waals surface area contributed by atoms with Crippen LogP contribution >= 0.6 is 23.2 Å². The van der Waals surface area contributed by atoms with Crippen LogP contribution in [-0.2, 0) is 31.6 Å². The predicted molar refractivity (Wildman–Crippen MR) is 125 cm³/mol. The number of anilines is 1. The van der Waals surface area contributed by atoms with Crippen LogP contribution in [0.3, 0.4) is 0 Å². The lowest BCUT2D eigenvalue weighted by molar-refractivity contribution is -0.121. The molecule has 0 radical (unpaired) electrons. The molecule has 5 rings (SSSR count). The van der Waals surface area contributed by atoms with E-state index in [-0.39, 0.29) is 17.4 Å². The van der Waals surface area contributed by atoms with E-state index in [9.17, 15) is 13.2 Å². The largest absolute Gasteiger partial charge is 0.310 e. The first-order valence-corrected chi connectivity index (χ1v) is 13.0. The summed E-state index contributed by atoms with van der Waals surface area (Å²) in [6.45, 7) is 0. The number of rotatable bonds is 4. The molecule has 2 aliphatic rings. The van der Waals surface area contributed by atoms with Gasteiger partial charge < -0.3 is 5.32 Å². The molecule has 3 aromatic rings. The molecular formula is C23H21Cl2N3O3S. The molecular weight excluding hydrogens is 469 g/mol. The number of amides is 1. The average Bonchev–Trinajstić information content (AvgIpc) is 3.44. The molecule has 2 aromatic carbocycles. The second-order valence-corrected chi connectivity index (χ2v) is 11.4. The van der Waals surface area contributed by atoms with Crippen LogP contribution in [-0.4, -0.2) is 24.1 Å². The second kappa shape index (κ2) is 7.90. The van der Waals surface area contributed by atoms with Crippen LogP contribution in [0.25, 0.3) is 5.69 Å². The molecule has 0 atom stereocenters. The van der Waals surface area contributed by atoms with Crippen molar-refractivity contribution in [3.05, 3.63) is 75.4 Å². The van der Waals surface area contributed by atoms with Crippen molar-refractivity contribution in [2.45, 2.75) is 42.6 Å². The lowest BCUT2D eigenvalue weighted by Crippen LogP contribution is -2.38. The monoisotopic (exact) mass is 489 g/mol. The third kappa shape index (κ3) is 3.72. The van der Waals surface area contributed by atoms with Gasteiger partial charge in [-0.3, -0.25) is 4.79 Å². The zero-order valence-corrected chi connectivity index (χ0v) is 19.5. The summed E-state index contributed by atoms with van der Waals surface area (Å²) in [6, 6.07) is 14.4. The van der Waals surface area contributed by atoms with E-state index in [4.69, 9.17) is 23.2 Å². The van der Waals surface area contributed by atoms with Gasteiger partial charge in [-0.1, -0.05) is 48.2 Å². The highest BCUT2D eigenvalue weighted by atomic mass is 35.5. The maximum atomic E-state index is 13.8. The summed E-state index contributed by atoms with van der Waals surface area (Å²) in [7, 11) is -3.28. The van der Waals surface area contributed by atoms with E-state index in [2.05, 4.69) is 10.4 Å². The number of fused-ring (bicyclic) bond motifs is 1. The van der Waals surface area contributed by atoms with Gasteiger partial charge in [-0.2, -0.15) is 5.10 Å². The molecule has 1 amide bonds. The van der Waals surface area contributed by atoms with Gasteiger partial charge in [-0.25, -0.2) is 13.1 Å². The highest BCUT2D eigenvalue weighted by Crippen LogP contribution is 2.43. The number of sulfone groups is 1. The lowest BCUT2D eigenvalue weighted by atomic mass is 9.78. The average molecular weight is 490 g/mol. The molecule has 9 heteroatoms. The van der Waals surface area contributed by atoms with Crippen LogP contribution in [0.1, 0.15) is 42.5 Å². The first-order valence-electron chi connectivity index (χ1n) is 10.4. The molecule has 0 spiro atoms. The normalized spacial score (nSPS) is 18.4. The SMILES string of the molecule is O=C(Nc1c2c(nn1-c1ccc(Cl)cc1)CS(=O)(=O)C2)C1(c2ccc(Cl)cc2)CCCC1. The number of carbonyl (C=O) groups is 1. The highest BCUT2D eigenvalue weighted by Gasteiger charge is 2.44. The Morgan fingerprint density at radius 1 is 0.938 bits per heavy atom. The Labute approximate surface area is 196 Å². The van der Waals surface area contributed by atoms with Crippen molar-refractivity contribution in [3.63, 3.8) is 0 Å². The molecule has 0 unspecified atom stereocenters. The van der Waals surface area contributed by atoms with E-state index in [0.29, 0.717) is 32.8 Å². The molecule has 6 nitrogen and oxygen atoms in total. The number of hydrogen-bond acceptors (Lipinski definition) is 4. The summed E-state index contributed by atoms with van der Waals surface area (Å²) in [5.74, 6) is -0.0127. The van der Waals surface area contributed by atoms with Gasteiger partial charge in [-0.15, -0.1) is 0 Å². The van der Waals surface area contributed by atoms with E-state index in [0.717, 1.165) is 31.2 Å². The summed E-state index contributed by atoms with van der Waals surface area (Å²) in [5, 5.41) is 8.80. The fourth-order valence-corrected chi connectivity index (χ4v) is 6.51. The van der Waals surface area contributed by atoms with Crippen molar-refractivity contribution < 1.29 is 13.2 Å². The molecule has 0 saturated heterocycles. The van der Waals surface area contributed by atoms with E-state index >= 15 is 0 Å².